The van der Waals surface area contributed by atoms with E-state index in [-0.39, 0.29) is 12.5 Å². The molecule has 21 heavy (non-hydrogen) atoms. The van der Waals surface area contributed by atoms with Crippen LogP contribution in [0.1, 0.15) is 54.1 Å². The van der Waals surface area contributed by atoms with Crippen molar-refractivity contribution in [1.29, 1.82) is 0 Å². The van der Waals surface area contributed by atoms with Gasteiger partial charge in [0.05, 0.1) is 6.61 Å². The first-order valence-corrected chi connectivity index (χ1v) is 7.65. The van der Waals surface area contributed by atoms with Crippen LogP contribution < -0.4 is 0 Å². The van der Waals surface area contributed by atoms with Crippen LogP contribution in [0.5, 0.6) is 0 Å². The molecular weight excluding hydrogens is 262 g/mol. The fourth-order valence-electron chi connectivity index (χ4n) is 2.71. The van der Waals surface area contributed by atoms with E-state index in [1.807, 2.05) is 30.0 Å². The zero-order valence-electron chi connectivity index (χ0n) is 12.9. The van der Waals surface area contributed by atoms with Crippen molar-refractivity contribution in [2.45, 2.75) is 45.6 Å². The molecule has 0 radical (unpaired) electrons. The molecule has 3 heteroatoms. The highest BCUT2D eigenvalue weighted by Crippen LogP contribution is 2.21. The van der Waals surface area contributed by atoms with Gasteiger partial charge in [0.25, 0.3) is 5.91 Å². The van der Waals surface area contributed by atoms with Crippen molar-refractivity contribution >= 4 is 5.91 Å². The molecule has 112 valence electrons. The summed E-state index contributed by atoms with van der Waals surface area (Å²) in [6.45, 7) is 5.00. The van der Waals surface area contributed by atoms with Crippen LogP contribution in [0.2, 0.25) is 0 Å². The Morgan fingerprint density at radius 3 is 2.95 bits per heavy atom. The van der Waals surface area contributed by atoms with Crippen LogP contribution in [0.4, 0.5) is 0 Å². The number of hydrogen-bond acceptors (Lipinski definition) is 2. The third-order valence-corrected chi connectivity index (χ3v) is 4.00. The van der Waals surface area contributed by atoms with Crippen LogP contribution in [0, 0.1) is 18.8 Å². The summed E-state index contributed by atoms with van der Waals surface area (Å²) in [7, 11) is 0. The Morgan fingerprint density at radius 1 is 1.43 bits per heavy atom. The quantitative estimate of drug-likeness (QED) is 0.849. The lowest BCUT2D eigenvalue weighted by atomic mass is 9.99. The molecule has 0 spiro atoms. The second-order valence-corrected chi connectivity index (χ2v) is 5.65. The van der Waals surface area contributed by atoms with Gasteiger partial charge in [-0.05, 0) is 50.8 Å². The van der Waals surface area contributed by atoms with Gasteiger partial charge in [-0.25, -0.2) is 0 Å². The standard InChI is InChI=1S/C18H23NO2/c1-14-9-10-16(8-4-6-12-20)13-17(14)18(21)19-11-5-3-7-15(19)2/h9-10,13,15,20H,3,5-7,11-12H2,1-2H3. The van der Waals surface area contributed by atoms with Crippen LogP contribution in [0.3, 0.4) is 0 Å². The van der Waals surface area contributed by atoms with Gasteiger partial charge >= 0.3 is 0 Å². The average molecular weight is 285 g/mol. The molecule has 1 heterocycles. The largest absolute Gasteiger partial charge is 0.395 e. The number of rotatable bonds is 2. The Hall–Kier alpha value is -1.79. The summed E-state index contributed by atoms with van der Waals surface area (Å²) in [5.74, 6) is 6.02. The van der Waals surface area contributed by atoms with E-state index in [4.69, 9.17) is 5.11 Å². The van der Waals surface area contributed by atoms with Gasteiger partial charge in [0.1, 0.15) is 0 Å². The van der Waals surface area contributed by atoms with Crippen molar-refractivity contribution in [3.8, 4) is 11.8 Å². The minimum Gasteiger partial charge on any atom is -0.395 e. The van der Waals surface area contributed by atoms with Crippen LogP contribution in [0.15, 0.2) is 18.2 Å². The lowest BCUT2D eigenvalue weighted by Crippen LogP contribution is -2.42. The smallest absolute Gasteiger partial charge is 0.254 e. The molecule has 1 saturated heterocycles. The molecule has 1 fully saturated rings. The van der Waals surface area contributed by atoms with E-state index >= 15 is 0 Å². The Morgan fingerprint density at radius 2 is 2.24 bits per heavy atom. The fourth-order valence-corrected chi connectivity index (χ4v) is 2.71. The molecule has 1 unspecified atom stereocenters. The number of carbonyl (C=O) groups excluding carboxylic acids is 1. The van der Waals surface area contributed by atoms with Crippen molar-refractivity contribution in [2.75, 3.05) is 13.2 Å². The number of benzene rings is 1. The van der Waals surface area contributed by atoms with Gasteiger partial charge in [0.15, 0.2) is 0 Å². The molecule has 1 N–H and O–H groups in total. The molecule has 1 atom stereocenters. The van der Waals surface area contributed by atoms with E-state index in [2.05, 4.69) is 18.8 Å². The summed E-state index contributed by atoms with van der Waals surface area (Å²) >= 11 is 0. The molecule has 1 amide bonds. The number of aliphatic hydroxyl groups is 1. The first kappa shape index (κ1) is 15.6. The zero-order chi connectivity index (χ0) is 15.2. The lowest BCUT2D eigenvalue weighted by Gasteiger charge is -2.33. The third kappa shape index (κ3) is 3.86. The molecule has 3 nitrogen and oxygen atoms in total. The molecule has 0 aliphatic carbocycles. The molecule has 0 saturated carbocycles. The average Bonchev–Trinajstić information content (AvgIpc) is 2.49. The van der Waals surface area contributed by atoms with E-state index in [0.717, 1.165) is 36.1 Å². The normalized spacial score (nSPS) is 18.0. The molecule has 1 aliphatic rings. The van der Waals surface area contributed by atoms with Crippen LogP contribution in [0.25, 0.3) is 0 Å². The van der Waals surface area contributed by atoms with Gasteiger partial charge in [-0.2, -0.15) is 0 Å². The number of amides is 1. The highest BCUT2D eigenvalue weighted by Gasteiger charge is 2.25. The van der Waals surface area contributed by atoms with Crippen molar-refractivity contribution in [3.05, 3.63) is 34.9 Å². The second kappa shape index (κ2) is 7.28. The summed E-state index contributed by atoms with van der Waals surface area (Å²) in [4.78, 5) is 14.7. The maximum Gasteiger partial charge on any atom is 0.254 e. The molecular formula is C18H23NO2. The maximum atomic E-state index is 12.8. The van der Waals surface area contributed by atoms with Gasteiger partial charge < -0.3 is 10.0 Å². The van der Waals surface area contributed by atoms with Gasteiger partial charge in [-0.3, -0.25) is 4.79 Å². The fraction of sp³-hybridized carbons (Fsp3) is 0.500. The maximum absolute atomic E-state index is 12.8. The number of carbonyl (C=O) groups is 1. The van der Waals surface area contributed by atoms with Crippen LogP contribution >= 0.6 is 0 Å². The molecule has 1 aliphatic heterocycles. The Balaban J connectivity index is 2.24. The first-order valence-electron chi connectivity index (χ1n) is 7.65. The monoisotopic (exact) mass is 285 g/mol. The molecule has 1 aromatic rings. The van der Waals surface area contributed by atoms with Gasteiger partial charge in [0.2, 0.25) is 0 Å². The lowest BCUT2D eigenvalue weighted by molar-refractivity contribution is 0.0635. The summed E-state index contributed by atoms with van der Waals surface area (Å²) in [6, 6.07) is 6.07. The predicted molar refractivity (Wildman–Crippen MR) is 84.1 cm³/mol. The van der Waals surface area contributed by atoms with Crippen molar-refractivity contribution in [3.63, 3.8) is 0 Å². The van der Waals surface area contributed by atoms with Gasteiger partial charge in [0, 0.05) is 30.1 Å². The zero-order valence-corrected chi connectivity index (χ0v) is 12.9. The highest BCUT2D eigenvalue weighted by atomic mass is 16.2. The van der Waals surface area contributed by atoms with E-state index in [0.29, 0.717) is 12.5 Å². The van der Waals surface area contributed by atoms with Crippen molar-refractivity contribution in [1.82, 2.24) is 4.90 Å². The van der Waals surface area contributed by atoms with E-state index in [9.17, 15) is 4.79 Å². The van der Waals surface area contributed by atoms with Crippen molar-refractivity contribution < 1.29 is 9.90 Å². The summed E-state index contributed by atoms with van der Waals surface area (Å²) in [5, 5.41) is 8.77. The van der Waals surface area contributed by atoms with Gasteiger partial charge in [-0.15, -0.1) is 0 Å². The molecule has 0 aromatic heterocycles. The number of aryl methyl sites for hydroxylation is 1. The highest BCUT2D eigenvalue weighted by molar-refractivity contribution is 5.96. The number of likely N-dealkylation sites (tertiary alicyclic amines) is 1. The Kier molecular flexibility index (Phi) is 5.41. The number of hydrogen-bond donors (Lipinski definition) is 1. The van der Waals surface area contributed by atoms with Crippen LogP contribution in [-0.4, -0.2) is 35.1 Å². The summed E-state index contributed by atoms with van der Waals surface area (Å²) in [6.07, 6.45) is 3.84. The third-order valence-electron chi connectivity index (χ3n) is 4.00. The van der Waals surface area contributed by atoms with E-state index in [1.165, 1.54) is 6.42 Å². The summed E-state index contributed by atoms with van der Waals surface area (Å²) < 4.78 is 0. The SMILES string of the molecule is Cc1ccc(C#CCCO)cc1C(=O)N1CCCCC1C. The topological polar surface area (TPSA) is 40.5 Å². The van der Waals surface area contributed by atoms with Crippen LogP contribution in [-0.2, 0) is 0 Å². The molecule has 2 rings (SSSR count). The molecule has 0 bridgehead atoms. The first-order chi connectivity index (χ1) is 10.1. The van der Waals surface area contributed by atoms with Crippen molar-refractivity contribution in [2.24, 2.45) is 0 Å². The van der Waals surface area contributed by atoms with Gasteiger partial charge in [-0.1, -0.05) is 17.9 Å². The predicted octanol–water partition coefficient (Wildman–Crippen LogP) is 2.74. The summed E-state index contributed by atoms with van der Waals surface area (Å²) in [5.41, 5.74) is 2.58. The molecule has 1 aromatic carbocycles. The minimum absolute atomic E-state index is 0.0654. The number of piperidine rings is 1. The van der Waals surface area contributed by atoms with E-state index < -0.39 is 0 Å². The minimum atomic E-state index is 0.0654. The number of nitrogens with zero attached hydrogens (tertiary/aromatic N) is 1. The Bertz CT molecular complexity index is 568. The number of aliphatic hydroxyl groups excluding tert-OH is 1. The second-order valence-electron chi connectivity index (χ2n) is 5.65. The van der Waals surface area contributed by atoms with E-state index in [1.54, 1.807) is 0 Å². The Labute approximate surface area is 127 Å².